The number of aromatic nitrogens is 6. The summed E-state index contributed by atoms with van der Waals surface area (Å²) in [6.45, 7) is 1.01. The number of alkyl halides is 2. The fourth-order valence-corrected chi connectivity index (χ4v) is 6.25. The molecule has 42 heavy (non-hydrogen) atoms. The number of halogens is 2. The van der Waals surface area contributed by atoms with Gasteiger partial charge in [-0.1, -0.05) is 17.7 Å². The first kappa shape index (κ1) is 26.5. The number of amides is 1. The number of rotatable bonds is 6. The number of carbonyl (C=O) groups is 1. The van der Waals surface area contributed by atoms with Gasteiger partial charge in [-0.3, -0.25) is 9.36 Å². The first-order valence-electron chi connectivity index (χ1n) is 14.0. The summed E-state index contributed by atoms with van der Waals surface area (Å²) in [4.78, 5) is 27.6. The van der Waals surface area contributed by atoms with Crippen LogP contribution in [-0.2, 0) is 11.2 Å². The summed E-state index contributed by atoms with van der Waals surface area (Å²) in [6, 6.07) is 16.4. The van der Waals surface area contributed by atoms with Crippen molar-refractivity contribution in [2.45, 2.75) is 43.4 Å². The number of nitrogen functional groups attached to an aromatic ring is 1. The van der Waals surface area contributed by atoms with Crippen LogP contribution >= 0.6 is 11.6 Å². The Bertz CT molecular complexity index is 1760. The Morgan fingerprint density at radius 1 is 1.07 bits per heavy atom. The van der Waals surface area contributed by atoms with Crippen molar-refractivity contribution in [3.05, 3.63) is 78.2 Å². The average molecular weight is 586 g/mol. The summed E-state index contributed by atoms with van der Waals surface area (Å²) in [5, 5.41) is 8.13. The molecule has 12 heteroatoms. The second-order valence-corrected chi connectivity index (χ2v) is 11.1. The van der Waals surface area contributed by atoms with E-state index in [2.05, 4.69) is 33.6 Å². The van der Waals surface area contributed by atoms with Crippen LogP contribution in [-0.4, -0.2) is 64.9 Å². The Kier molecular flexibility index (Phi) is 6.83. The zero-order valence-electron chi connectivity index (χ0n) is 22.7. The molecule has 5 heterocycles. The van der Waals surface area contributed by atoms with E-state index in [-0.39, 0.29) is 12.1 Å². The van der Waals surface area contributed by atoms with Crippen LogP contribution in [0, 0.1) is 0 Å². The quantitative estimate of drug-likeness (QED) is 0.284. The van der Waals surface area contributed by atoms with Gasteiger partial charge in [-0.15, -0.1) is 0 Å². The van der Waals surface area contributed by atoms with Crippen molar-refractivity contribution < 1.29 is 9.18 Å². The minimum absolute atomic E-state index is 0.209. The molecule has 0 spiro atoms. The summed E-state index contributed by atoms with van der Waals surface area (Å²) in [5.74, 6) is 1.11. The molecule has 10 nitrogen and oxygen atoms in total. The highest BCUT2D eigenvalue weighted by Crippen LogP contribution is 2.36. The maximum absolute atomic E-state index is 13.3. The van der Waals surface area contributed by atoms with Crippen molar-refractivity contribution in [2.75, 3.05) is 18.8 Å². The monoisotopic (exact) mass is 585 g/mol. The lowest BCUT2D eigenvalue weighted by Crippen LogP contribution is -2.47. The molecular formula is C30H29ClFN9O. The van der Waals surface area contributed by atoms with Crippen LogP contribution in [0.4, 0.5) is 10.2 Å². The minimum atomic E-state index is -1.97. The van der Waals surface area contributed by atoms with Gasteiger partial charge in [0, 0.05) is 49.5 Å². The molecule has 1 unspecified atom stereocenters. The number of nitrogens with two attached hydrogens (primary N) is 1. The molecule has 2 aliphatic rings. The lowest BCUT2D eigenvalue weighted by atomic mass is 10.0. The van der Waals surface area contributed by atoms with Crippen LogP contribution in [0.3, 0.4) is 0 Å². The lowest BCUT2D eigenvalue weighted by Gasteiger charge is -2.34. The largest absolute Gasteiger partial charge is 0.383 e. The Hall–Kier alpha value is -4.35. The number of anilines is 1. The maximum atomic E-state index is 13.3. The summed E-state index contributed by atoms with van der Waals surface area (Å²) in [7, 11) is 0. The van der Waals surface area contributed by atoms with Crippen LogP contribution in [0.15, 0.2) is 67.1 Å². The number of nitrogens with zero attached hydrogens (tertiary/aromatic N) is 7. The molecule has 5 aromatic rings. The molecule has 4 aromatic heterocycles. The van der Waals surface area contributed by atoms with E-state index in [1.54, 1.807) is 17.1 Å². The molecule has 1 aliphatic carbocycles. The minimum Gasteiger partial charge on any atom is -0.383 e. The van der Waals surface area contributed by atoms with Gasteiger partial charge in [0.1, 0.15) is 11.3 Å². The molecule has 3 N–H and O–H groups in total. The van der Waals surface area contributed by atoms with Gasteiger partial charge in [-0.05, 0) is 79.3 Å². The Balaban J connectivity index is 1.21. The molecule has 1 saturated heterocycles. The fraction of sp³-hybridized carbons (Fsp3) is 0.300. The number of benzene rings is 1. The molecule has 214 valence electrons. The van der Waals surface area contributed by atoms with E-state index in [0.29, 0.717) is 36.2 Å². The standard InChI is InChI=1S/C30H29ClFN9O/c31-26(32)30(42)39-15-10-19(11-16-39)36-23-7-4-18-17-20(5-6-21(18)23)41-28(22-3-1-12-34-27(22)33)37-24-8-9-25(38-29(24)41)40-14-2-13-35-40/h1-3,5-6,8-9,12-14,17,19,23,26,36H,4,7,10-11,15-16H2,(H2,33,34)/t23-,26?/m0/s1. The summed E-state index contributed by atoms with van der Waals surface area (Å²) >= 11 is 5.36. The van der Waals surface area contributed by atoms with Crippen molar-refractivity contribution in [1.29, 1.82) is 0 Å². The zero-order valence-corrected chi connectivity index (χ0v) is 23.5. The van der Waals surface area contributed by atoms with Crippen molar-refractivity contribution in [1.82, 2.24) is 39.5 Å². The number of hydrogen-bond donors (Lipinski definition) is 2. The van der Waals surface area contributed by atoms with Crippen molar-refractivity contribution in [3.63, 3.8) is 0 Å². The molecule has 1 fully saturated rings. The number of piperidine rings is 1. The SMILES string of the molecule is Nc1ncccc1-c1nc2ccc(-n3cccn3)nc2n1-c1ccc2c(c1)CC[C@@H]2NC1CCN(C(=O)C(F)Cl)CC1. The van der Waals surface area contributed by atoms with Gasteiger partial charge in [-0.2, -0.15) is 5.10 Å². The van der Waals surface area contributed by atoms with Crippen LogP contribution in [0.2, 0.25) is 0 Å². The third-order valence-corrected chi connectivity index (χ3v) is 8.39. The Labute approximate surface area is 246 Å². The van der Waals surface area contributed by atoms with E-state index in [1.807, 2.05) is 41.1 Å². The van der Waals surface area contributed by atoms with Crippen molar-refractivity contribution >= 4 is 34.5 Å². The van der Waals surface area contributed by atoms with Crippen LogP contribution in [0.5, 0.6) is 0 Å². The van der Waals surface area contributed by atoms with Gasteiger partial charge in [0.05, 0.1) is 5.56 Å². The number of fused-ring (bicyclic) bond motifs is 2. The summed E-state index contributed by atoms with van der Waals surface area (Å²) in [6.07, 6.45) is 8.67. The summed E-state index contributed by atoms with van der Waals surface area (Å²) < 4.78 is 17.0. The second-order valence-electron chi connectivity index (χ2n) is 10.7. The van der Waals surface area contributed by atoms with E-state index < -0.39 is 11.5 Å². The summed E-state index contributed by atoms with van der Waals surface area (Å²) in [5.41, 5.74) is 9.97. The molecule has 0 bridgehead atoms. The van der Waals surface area contributed by atoms with Gasteiger partial charge in [0.25, 0.3) is 11.5 Å². The zero-order chi connectivity index (χ0) is 28.8. The normalized spacial score (nSPS) is 18.0. The van der Waals surface area contributed by atoms with Gasteiger partial charge in [0.15, 0.2) is 17.3 Å². The third kappa shape index (κ3) is 4.78. The second kappa shape index (κ2) is 10.8. The highest BCUT2D eigenvalue weighted by Gasteiger charge is 2.30. The van der Waals surface area contributed by atoms with Crippen molar-refractivity contribution in [2.24, 2.45) is 0 Å². The number of likely N-dealkylation sites (tertiary alicyclic amines) is 1. The van der Waals surface area contributed by atoms with Crippen LogP contribution in [0.1, 0.15) is 36.4 Å². The number of pyridine rings is 2. The van der Waals surface area contributed by atoms with E-state index in [4.69, 9.17) is 27.3 Å². The van der Waals surface area contributed by atoms with Crippen LogP contribution in [0.25, 0.3) is 34.1 Å². The number of nitrogens with one attached hydrogen (secondary N) is 1. The first-order valence-corrected chi connectivity index (χ1v) is 14.5. The van der Waals surface area contributed by atoms with E-state index in [1.165, 1.54) is 16.0 Å². The number of carbonyl (C=O) groups excluding carboxylic acids is 1. The van der Waals surface area contributed by atoms with E-state index in [0.717, 1.165) is 42.5 Å². The third-order valence-electron chi connectivity index (χ3n) is 8.20. The van der Waals surface area contributed by atoms with Crippen molar-refractivity contribution in [3.8, 4) is 22.9 Å². The number of hydrogen-bond acceptors (Lipinski definition) is 7. The number of aryl methyl sites for hydroxylation is 1. The van der Waals surface area contributed by atoms with Gasteiger partial charge >= 0.3 is 0 Å². The lowest BCUT2D eigenvalue weighted by molar-refractivity contribution is -0.134. The molecule has 1 aliphatic heterocycles. The molecule has 7 rings (SSSR count). The number of imidazole rings is 1. The predicted molar refractivity (Wildman–Crippen MR) is 158 cm³/mol. The predicted octanol–water partition coefficient (Wildman–Crippen LogP) is 4.35. The molecule has 1 amide bonds. The van der Waals surface area contributed by atoms with Gasteiger partial charge in [0.2, 0.25) is 0 Å². The first-order chi connectivity index (χ1) is 20.5. The maximum Gasteiger partial charge on any atom is 0.272 e. The molecular weight excluding hydrogens is 557 g/mol. The average Bonchev–Trinajstić information content (AvgIpc) is 3.76. The fourth-order valence-electron chi connectivity index (χ4n) is 6.12. The highest BCUT2D eigenvalue weighted by atomic mass is 35.5. The smallest absolute Gasteiger partial charge is 0.272 e. The van der Waals surface area contributed by atoms with Gasteiger partial charge < -0.3 is 16.0 Å². The molecule has 2 atom stereocenters. The Morgan fingerprint density at radius 2 is 1.93 bits per heavy atom. The van der Waals surface area contributed by atoms with E-state index >= 15 is 0 Å². The van der Waals surface area contributed by atoms with Crippen LogP contribution < -0.4 is 11.1 Å². The molecule has 0 saturated carbocycles. The van der Waals surface area contributed by atoms with Gasteiger partial charge in [-0.25, -0.2) is 24.0 Å². The Morgan fingerprint density at radius 3 is 2.69 bits per heavy atom. The molecule has 1 aromatic carbocycles. The van der Waals surface area contributed by atoms with E-state index in [9.17, 15) is 9.18 Å². The molecule has 0 radical (unpaired) electrons. The topological polar surface area (TPSA) is 120 Å². The highest BCUT2D eigenvalue weighted by molar-refractivity contribution is 6.29.